The van der Waals surface area contributed by atoms with Gasteiger partial charge in [0.15, 0.2) is 7.28 Å². The molecule has 5 heteroatoms. The molecule has 0 spiro atoms. The number of unbranched alkanes of at least 4 members (excludes halogenated alkanes) is 2. The third-order valence-corrected chi connectivity index (χ3v) is 19.7. The van der Waals surface area contributed by atoms with Gasteiger partial charge in [-0.25, -0.2) is 0 Å². The molecule has 0 bridgehead atoms. The second-order valence-electron chi connectivity index (χ2n) is 24.2. The molecule has 0 atom stereocenters. The predicted octanol–water partition coefficient (Wildman–Crippen LogP) is 18.8. The van der Waals surface area contributed by atoms with E-state index in [-0.39, 0.29) is 16.2 Å². The number of anilines is 2. The average molecular weight is 995 g/mol. The Hall–Kier alpha value is -6.66. The zero-order valence-corrected chi connectivity index (χ0v) is 45.8. The zero-order valence-electron chi connectivity index (χ0n) is 44.1. The number of aromatic nitrogens is 1. The van der Waals surface area contributed by atoms with Crippen LogP contribution in [0.25, 0.3) is 101 Å². The second-order valence-corrected chi connectivity index (χ2v) is 26.4. The molecule has 2 aliphatic rings. The third-order valence-electron chi connectivity index (χ3n) is 17.4. The maximum atomic E-state index is 4.11. The van der Waals surface area contributed by atoms with Gasteiger partial charge < -0.3 is 9.88 Å². The van der Waals surface area contributed by atoms with Crippen LogP contribution in [0.4, 0.5) is 11.4 Å². The molecule has 2 nitrogen and oxygen atoms in total. The van der Waals surface area contributed by atoms with Crippen molar-refractivity contribution in [1.29, 1.82) is 0 Å². The molecule has 12 aromatic rings. The smallest absolute Gasteiger partial charge is 0.198 e. The molecule has 9 aromatic carbocycles. The number of nitrogens with zero attached hydrogens (tertiary/aromatic N) is 1. The predicted molar refractivity (Wildman–Crippen MR) is 328 cm³/mol. The molecule has 0 amide bonds. The van der Waals surface area contributed by atoms with Gasteiger partial charge in [0.25, 0.3) is 0 Å². The Morgan fingerprint density at radius 1 is 0.568 bits per heavy atom. The quantitative estimate of drug-likeness (QED) is 0.119. The summed E-state index contributed by atoms with van der Waals surface area (Å²) in [6.45, 7) is 19.2. The van der Waals surface area contributed by atoms with Gasteiger partial charge in [-0.15, -0.1) is 22.7 Å². The summed E-state index contributed by atoms with van der Waals surface area (Å²) < 4.78 is 8.04. The first kappa shape index (κ1) is 45.9. The van der Waals surface area contributed by atoms with Gasteiger partial charge in [0.05, 0.1) is 5.52 Å². The van der Waals surface area contributed by atoms with Gasteiger partial charge in [-0.2, -0.15) is 0 Å². The van der Waals surface area contributed by atoms with Crippen molar-refractivity contribution >= 4 is 125 Å². The normalized spacial score (nSPS) is 14.9. The molecule has 0 saturated heterocycles. The second kappa shape index (κ2) is 16.7. The number of aryl methyl sites for hydroxylation is 1. The molecule has 74 heavy (non-hydrogen) atoms. The van der Waals surface area contributed by atoms with Crippen LogP contribution in [0.2, 0.25) is 0 Å². The Labute approximate surface area is 444 Å². The van der Waals surface area contributed by atoms with Gasteiger partial charge in [0.2, 0.25) is 0 Å². The lowest BCUT2D eigenvalue weighted by molar-refractivity contribution is 0.332. The summed E-state index contributed by atoms with van der Waals surface area (Å²) in [5.74, 6) is 0. The van der Waals surface area contributed by atoms with Crippen molar-refractivity contribution in [2.24, 2.45) is 0 Å². The maximum Gasteiger partial charge on any atom is 0.198 e. The van der Waals surface area contributed by atoms with Crippen molar-refractivity contribution in [3.8, 4) is 27.9 Å². The monoisotopic (exact) mass is 994 g/mol. The van der Waals surface area contributed by atoms with Crippen LogP contribution in [0.15, 0.2) is 152 Å². The van der Waals surface area contributed by atoms with Gasteiger partial charge >= 0.3 is 0 Å². The van der Waals surface area contributed by atoms with E-state index in [1.165, 1.54) is 166 Å². The lowest BCUT2D eigenvalue weighted by Crippen LogP contribution is -2.38. The standard InChI is InChI=1S/C69H63BN2S2/c1-9-10-11-16-40-21-26-44(27-22-40)71-57-39-62-51(52-37-54-55(38-61(52)74-62)69(7,8)32-31-68(54,5)6)36-50(57)53-35-49(42-24-28-47-46-19-14-15-20-59(46)73-60(47)33-42)63-48-29-23-41-17-12-13-18-45(41)65(48)72-58-30-25-43(67(2,3)4)34-56(58)70-64(53)66(63)72/h12-15,17-30,33-39,70-71H,9-11,16,31-32H2,1-8H3. The highest BCUT2D eigenvalue weighted by Gasteiger charge is 2.38. The van der Waals surface area contributed by atoms with E-state index in [1.807, 2.05) is 22.7 Å². The van der Waals surface area contributed by atoms with E-state index in [4.69, 9.17) is 0 Å². The van der Waals surface area contributed by atoms with Gasteiger partial charge in [0.1, 0.15) is 0 Å². The topological polar surface area (TPSA) is 17.0 Å². The van der Waals surface area contributed by atoms with Crippen LogP contribution in [0, 0.1) is 0 Å². The SMILES string of the molecule is CCCCCc1ccc(Nc2cc3sc4cc5c(cc4c3cc2-c2cc(-c3ccc4c(c3)sc3ccccc34)c3c4ccc6ccccc6c4n4c3c2Bc2cc(C(C)(C)C)ccc2-4)C(C)(C)CCC5(C)C)cc1. The molecule has 0 radical (unpaired) electrons. The summed E-state index contributed by atoms with van der Waals surface area (Å²) in [6.07, 6.45) is 7.24. The summed E-state index contributed by atoms with van der Waals surface area (Å²) in [6, 6.07) is 59.5. The highest BCUT2D eigenvalue weighted by atomic mass is 32.1. The van der Waals surface area contributed by atoms with E-state index < -0.39 is 0 Å². The number of hydrogen-bond acceptors (Lipinski definition) is 3. The fraction of sp³-hybridized carbons (Fsp3) is 0.246. The van der Waals surface area contributed by atoms with E-state index in [2.05, 4.69) is 217 Å². The first-order chi connectivity index (χ1) is 35.7. The number of fused-ring (bicyclic) bond motifs is 14. The summed E-state index contributed by atoms with van der Waals surface area (Å²) in [5, 5.41) is 14.7. The summed E-state index contributed by atoms with van der Waals surface area (Å²) in [7, 11) is 0.833. The first-order valence-corrected chi connectivity index (χ1v) is 28.8. The van der Waals surface area contributed by atoms with Crippen molar-refractivity contribution in [2.75, 3.05) is 5.32 Å². The number of rotatable bonds is 8. The molecule has 4 heterocycles. The lowest BCUT2D eigenvalue weighted by atomic mass is 9.58. The molecule has 1 aliphatic heterocycles. The molecule has 3 aromatic heterocycles. The van der Waals surface area contributed by atoms with Gasteiger partial charge in [-0.3, -0.25) is 0 Å². The van der Waals surface area contributed by atoms with E-state index in [1.54, 1.807) is 0 Å². The van der Waals surface area contributed by atoms with Crippen molar-refractivity contribution in [3.05, 3.63) is 174 Å². The van der Waals surface area contributed by atoms with Crippen LogP contribution in [0.1, 0.15) is 110 Å². The molecule has 0 saturated carbocycles. The van der Waals surface area contributed by atoms with Crippen molar-refractivity contribution < 1.29 is 0 Å². The first-order valence-electron chi connectivity index (χ1n) is 27.2. The fourth-order valence-corrected chi connectivity index (χ4v) is 15.4. The van der Waals surface area contributed by atoms with Crippen LogP contribution in [0.5, 0.6) is 0 Å². The molecule has 0 unspecified atom stereocenters. The van der Waals surface area contributed by atoms with Crippen molar-refractivity contribution in [1.82, 2.24) is 4.57 Å². The molecule has 14 rings (SSSR count). The Morgan fingerprint density at radius 2 is 1.26 bits per heavy atom. The Kier molecular flexibility index (Phi) is 10.3. The van der Waals surface area contributed by atoms with E-state index in [9.17, 15) is 0 Å². The van der Waals surface area contributed by atoms with Gasteiger partial charge in [0, 0.05) is 84.6 Å². The Balaban J connectivity index is 1.11. The number of benzene rings is 9. The van der Waals surface area contributed by atoms with Crippen LogP contribution in [0.3, 0.4) is 0 Å². The van der Waals surface area contributed by atoms with E-state index in [0.717, 1.165) is 25.1 Å². The Morgan fingerprint density at radius 3 is 2.05 bits per heavy atom. The van der Waals surface area contributed by atoms with Gasteiger partial charge in [-0.05, 0) is 152 Å². The Bertz CT molecular complexity index is 4300. The van der Waals surface area contributed by atoms with E-state index >= 15 is 0 Å². The van der Waals surface area contributed by atoms with Crippen molar-refractivity contribution in [2.45, 2.75) is 110 Å². The lowest BCUT2D eigenvalue weighted by Gasteiger charge is -2.41. The highest BCUT2D eigenvalue weighted by molar-refractivity contribution is 7.26. The third kappa shape index (κ3) is 7.16. The summed E-state index contributed by atoms with van der Waals surface area (Å²) in [4.78, 5) is 0. The molecular weight excluding hydrogens is 932 g/mol. The van der Waals surface area contributed by atoms with Crippen LogP contribution in [-0.2, 0) is 22.7 Å². The number of thiophene rings is 2. The molecule has 1 aliphatic carbocycles. The van der Waals surface area contributed by atoms with Crippen molar-refractivity contribution in [3.63, 3.8) is 0 Å². The minimum atomic E-state index is 0.00462. The maximum absolute atomic E-state index is 4.11. The van der Waals surface area contributed by atoms with Crippen LogP contribution >= 0.6 is 22.7 Å². The average Bonchev–Trinajstić information content (AvgIpc) is 4.09. The minimum absolute atomic E-state index is 0.00462. The molecule has 364 valence electrons. The van der Waals surface area contributed by atoms with Crippen LogP contribution < -0.4 is 16.2 Å². The summed E-state index contributed by atoms with van der Waals surface area (Å²) in [5.41, 5.74) is 20.1. The zero-order chi connectivity index (χ0) is 50.4. The highest BCUT2D eigenvalue weighted by Crippen LogP contribution is 2.52. The summed E-state index contributed by atoms with van der Waals surface area (Å²) >= 11 is 3.87. The largest absolute Gasteiger partial charge is 0.355 e. The molecule has 0 fully saturated rings. The number of nitrogens with one attached hydrogen (secondary N) is 1. The fourth-order valence-electron chi connectivity index (χ4n) is 13.1. The molecular formula is C69H63BN2S2. The number of hydrogen-bond donors (Lipinski definition) is 1. The molecule has 1 N–H and O–H groups in total. The van der Waals surface area contributed by atoms with Crippen LogP contribution in [-0.4, -0.2) is 11.8 Å². The minimum Gasteiger partial charge on any atom is -0.355 e. The van der Waals surface area contributed by atoms with E-state index in [0.29, 0.717) is 0 Å². The van der Waals surface area contributed by atoms with Gasteiger partial charge in [-0.1, -0.05) is 165 Å².